The molecular formula is C10H9ClFN3O. The summed E-state index contributed by atoms with van der Waals surface area (Å²) in [6, 6.07) is 4.10. The largest absolute Gasteiger partial charge is 0.435 e. The molecule has 0 saturated carbocycles. The van der Waals surface area contributed by atoms with Crippen molar-refractivity contribution in [3.05, 3.63) is 34.7 Å². The Morgan fingerprint density at radius 1 is 1.44 bits per heavy atom. The molecule has 0 saturated heterocycles. The molecule has 0 aliphatic carbocycles. The number of halogens is 2. The molecule has 2 rings (SSSR count). The average Bonchev–Trinajstić information content (AvgIpc) is 2.60. The molecule has 1 heterocycles. The fraction of sp³-hybridized carbons (Fsp3) is 0.100. The van der Waals surface area contributed by atoms with Gasteiger partial charge in [-0.3, -0.25) is 5.10 Å². The van der Waals surface area contributed by atoms with E-state index in [1.165, 1.54) is 6.07 Å². The molecule has 1 aromatic heterocycles. The SMILES string of the molecule is Cc1cc(Oc2cc(F)c(Cl)cc2N)n[nH]1. The van der Waals surface area contributed by atoms with Crippen LogP contribution in [0.1, 0.15) is 5.69 Å². The van der Waals surface area contributed by atoms with Crippen molar-refractivity contribution in [3.63, 3.8) is 0 Å². The van der Waals surface area contributed by atoms with Gasteiger partial charge in [-0.05, 0) is 13.0 Å². The summed E-state index contributed by atoms with van der Waals surface area (Å²) in [6.45, 7) is 1.83. The van der Waals surface area contributed by atoms with E-state index in [2.05, 4.69) is 10.2 Å². The van der Waals surface area contributed by atoms with Crippen molar-refractivity contribution in [3.8, 4) is 11.6 Å². The number of aromatic amines is 1. The Hall–Kier alpha value is -1.75. The molecule has 3 N–H and O–H groups in total. The van der Waals surface area contributed by atoms with Gasteiger partial charge < -0.3 is 10.5 Å². The van der Waals surface area contributed by atoms with E-state index in [0.29, 0.717) is 5.88 Å². The van der Waals surface area contributed by atoms with Crippen LogP contribution in [-0.2, 0) is 0 Å². The van der Waals surface area contributed by atoms with Gasteiger partial charge in [-0.2, -0.15) is 0 Å². The number of nitrogens with one attached hydrogen (secondary N) is 1. The van der Waals surface area contributed by atoms with Gasteiger partial charge in [0.1, 0.15) is 5.82 Å². The van der Waals surface area contributed by atoms with Crippen LogP contribution in [0.2, 0.25) is 5.02 Å². The second-order valence-electron chi connectivity index (χ2n) is 3.30. The molecule has 4 nitrogen and oxygen atoms in total. The number of nitrogens with zero attached hydrogens (tertiary/aromatic N) is 1. The van der Waals surface area contributed by atoms with Crippen LogP contribution < -0.4 is 10.5 Å². The normalized spacial score (nSPS) is 10.4. The molecule has 2 aromatic rings. The van der Waals surface area contributed by atoms with Crippen molar-refractivity contribution in [1.82, 2.24) is 10.2 Å². The fourth-order valence-corrected chi connectivity index (χ4v) is 1.36. The number of ether oxygens (including phenoxy) is 1. The Bertz CT molecular complexity index is 527. The van der Waals surface area contributed by atoms with Gasteiger partial charge in [0, 0.05) is 17.8 Å². The fourth-order valence-electron chi connectivity index (χ4n) is 1.19. The van der Waals surface area contributed by atoms with Crippen molar-refractivity contribution in [1.29, 1.82) is 0 Å². The molecule has 0 bridgehead atoms. The molecule has 6 heteroatoms. The lowest BCUT2D eigenvalue weighted by molar-refractivity contribution is 0.459. The molecule has 0 unspecified atom stereocenters. The van der Waals surface area contributed by atoms with Crippen LogP contribution in [0.15, 0.2) is 18.2 Å². The zero-order valence-electron chi connectivity index (χ0n) is 8.42. The van der Waals surface area contributed by atoms with E-state index < -0.39 is 5.82 Å². The minimum Gasteiger partial charge on any atom is -0.435 e. The van der Waals surface area contributed by atoms with Gasteiger partial charge in [0.15, 0.2) is 5.75 Å². The molecule has 0 fully saturated rings. The standard InChI is InChI=1S/C10H9ClFN3O/c1-5-2-10(15-14-5)16-9-4-7(12)6(11)3-8(9)13/h2-4H,13H2,1H3,(H,14,15). The molecule has 1 aromatic carbocycles. The number of aryl methyl sites for hydroxylation is 1. The summed E-state index contributed by atoms with van der Waals surface area (Å²) < 4.78 is 18.5. The summed E-state index contributed by atoms with van der Waals surface area (Å²) in [6.07, 6.45) is 0. The summed E-state index contributed by atoms with van der Waals surface area (Å²) in [5.74, 6) is -0.0718. The Morgan fingerprint density at radius 3 is 2.81 bits per heavy atom. The average molecular weight is 242 g/mol. The molecule has 84 valence electrons. The number of rotatable bonds is 2. The van der Waals surface area contributed by atoms with E-state index in [9.17, 15) is 4.39 Å². The van der Waals surface area contributed by atoms with Crippen molar-refractivity contribution in [2.75, 3.05) is 5.73 Å². The molecule has 0 atom stereocenters. The van der Waals surface area contributed by atoms with E-state index in [1.807, 2.05) is 6.92 Å². The summed E-state index contributed by atoms with van der Waals surface area (Å²) in [4.78, 5) is 0. The van der Waals surface area contributed by atoms with E-state index in [-0.39, 0.29) is 16.5 Å². The molecule has 0 aliphatic heterocycles. The first-order valence-electron chi connectivity index (χ1n) is 4.50. The van der Waals surface area contributed by atoms with Crippen LogP contribution in [0.25, 0.3) is 0 Å². The minimum absolute atomic E-state index is 0.0388. The topological polar surface area (TPSA) is 63.9 Å². The highest BCUT2D eigenvalue weighted by atomic mass is 35.5. The summed E-state index contributed by atoms with van der Waals surface area (Å²) in [7, 11) is 0. The van der Waals surface area contributed by atoms with Crippen LogP contribution in [0.3, 0.4) is 0 Å². The van der Waals surface area contributed by atoms with Gasteiger partial charge in [0.25, 0.3) is 0 Å². The molecule has 0 spiro atoms. The van der Waals surface area contributed by atoms with E-state index in [0.717, 1.165) is 11.8 Å². The third-order valence-electron chi connectivity index (χ3n) is 1.95. The predicted octanol–water partition coefficient (Wildman–Crippen LogP) is 2.89. The highest BCUT2D eigenvalue weighted by Gasteiger charge is 2.09. The number of H-pyrrole nitrogens is 1. The van der Waals surface area contributed by atoms with E-state index >= 15 is 0 Å². The number of nitrogens with two attached hydrogens (primary N) is 1. The summed E-state index contributed by atoms with van der Waals surface area (Å²) >= 11 is 5.56. The molecule has 0 amide bonds. The van der Waals surface area contributed by atoms with E-state index in [1.54, 1.807) is 6.07 Å². The Balaban J connectivity index is 2.31. The molecule has 0 aliphatic rings. The lowest BCUT2D eigenvalue weighted by atomic mass is 10.3. The number of hydrogen-bond donors (Lipinski definition) is 2. The highest BCUT2D eigenvalue weighted by molar-refractivity contribution is 6.31. The lowest BCUT2D eigenvalue weighted by Crippen LogP contribution is -1.94. The third kappa shape index (κ3) is 2.09. The van der Waals surface area contributed by atoms with Crippen LogP contribution in [0, 0.1) is 12.7 Å². The van der Waals surface area contributed by atoms with Crippen molar-refractivity contribution < 1.29 is 9.13 Å². The Kier molecular flexibility index (Phi) is 2.70. The maximum atomic E-state index is 13.2. The van der Waals surface area contributed by atoms with Crippen molar-refractivity contribution >= 4 is 17.3 Å². The van der Waals surface area contributed by atoms with Crippen LogP contribution in [0.4, 0.5) is 10.1 Å². The first-order valence-corrected chi connectivity index (χ1v) is 4.88. The van der Waals surface area contributed by atoms with Gasteiger partial charge in [-0.15, -0.1) is 5.10 Å². The summed E-state index contributed by atoms with van der Waals surface area (Å²) in [5.41, 5.74) is 6.72. The van der Waals surface area contributed by atoms with Crippen LogP contribution in [-0.4, -0.2) is 10.2 Å². The van der Waals surface area contributed by atoms with Gasteiger partial charge in [0.2, 0.25) is 5.88 Å². The number of nitrogen functional groups attached to an aromatic ring is 1. The minimum atomic E-state index is -0.585. The quantitative estimate of drug-likeness (QED) is 0.795. The molecule has 0 radical (unpaired) electrons. The van der Waals surface area contributed by atoms with Crippen molar-refractivity contribution in [2.45, 2.75) is 6.92 Å². The third-order valence-corrected chi connectivity index (χ3v) is 2.24. The highest BCUT2D eigenvalue weighted by Crippen LogP contribution is 2.31. The van der Waals surface area contributed by atoms with E-state index in [4.69, 9.17) is 22.1 Å². The Morgan fingerprint density at radius 2 is 2.19 bits per heavy atom. The Labute approximate surface area is 96.2 Å². The molecule has 16 heavy (non-hydrogen) atoms. The molecular weight excluding hydrogens is 233 g/mol. The van der Waals surface area contributed by atoms with Gasteiger partial charge in [-0.25, -0.2) is 4.39 Å². The predicted molar refractivity (Wildman–Crippen MR) is 59.2 cm³/mol. The maximum absolute atomic E-state index is 13.2. The maximum Gasteiger partial charge on any atom is 0.238 e. The number of anilines is 1. The van der Waals surface area contributed by atoms with Gasteiger partial charge >= 0.3 is 0 Å². The summed E-state index contributed by atoms with van der Waals surface area (Å²) in [5, 5.41) is 6.51. The second-order valence-corrected chi connectivity index (χ2v) is 3.70. The monoisotopic (exact) mass is 241 g/mol. The number of aromatic nitrogens is 2. The first kappa shape index (κ1) is 10.8. The van der Waals surface area contributed by atoms with Gasteiger partial charge in [0.05, 0.1) is 10.7 Å². The number of hydrogen-bond acceptors (Lipinski definition) is 3. The van der Waals surface area contributed by atoms with Crippen LogP contribution in [0.5, 0.6) is 11.6 Å². The van der Waals surface area contributed by atoms with Gasteiger partial charge in [-0.1, -0.05) is 11.6 Å². The van der Waals surface area contributed by atoms with Crippen molar-refractivity contribution in [2.24, 2.45) is 0 Å². The lowest BCUT2D eigenvalue weighted by Gasteiger charge is -2.06. The second kappa shape index (κ2) is 4.02. The smallest absolute Gasteiger partial charge is 0.238 e. The zero-order chi connectivity index (χ0) is 11.7. The number of benzene rings is 1. The zero-order valence-corrected chi connectivity index (χ0v) is 9.18. The van der Waals surface area contributed by atoms with Crippen LogP contribution >= 0.6 is 11.6 Å². The first-order chi connectivity index (χ1) is 7.56.